The van der Waals surface area contributed by atoms with Gasteiger partial charge in [-0.25, -0.2) is 0 Å². The average Bonchev–Trinajstić information content (AvgIpc) is 2.06. The molecule has 0 aliphatic rings. The number of nitrogens with zero attached hydrogens (tertiary/aromatic N) is 2. The minimum atomic E-state index is 0.666. The molecular formula is C9H13N3. The van der Waals surface area contributed by atoms with E-state index in [-0.39, 0.29) is 0 Å². The van der Waals surface area contributed by atoms with Gasteiger partial charge < -0.3 is 5.32 Å². The molecule has 0 spiro atoms. The normalized spacial score (nSPS) is 9.75. The molecule has 1 aromatic heterocycles. The Morgan fingerprint density at radius 1 is 1.67 bits per heavy atom. The van der Waals surface area contributed by atoms with Crippen LogP contribution in [0.25, 0.3) is 0 Å². The van der Waals surface area contributed by atoms with E-state index in [4.69, 9.17) is 0 Å². The van der Waals surface area contributed by atoms with E-state index in [1.165, 1.54) is 0 Å². The van der Waals surface area contributed by atoms with Crippen LogP contribution in [-0.2, 0) is 13.1 Å². The predicted molar refractivity (Wildman–Crippen MR) is 50.3 cm³/mol. The molecule has 0 aromatic carbocycles. The van der Waals surface area contributed by atoms with Gasteiger partial charge in [0.2, 0.25) is 0 Å². The van der Waals surface area contributed by atoms with Gasteiger partial charge in [0, 0.05) is 12.7 Å². The zero-order chi connectivity index (χ0) is 8.81. The van der Waals surface area contributed by atoms with Crippen molar-refractivity contribution in [3.8, 4) is 0 Å². The monoisotopic (exact) mass is 163 g/mol. The van der Waals surface area contributed by atoms with Gasteiger partial charge in [0.05, 0.1) is 12.2 Å². The molecule has 0 bridgehead atoms. The van der Waals surface area contributed by atoms with Crippen LogP contribution in [0.3, 0.4) is 0 Å². The van der Waals surface area contributed by atoms with E-state index in [9.17, 15) is 0 Å². The molecule has 0 fully saturated rings. The van der Waals surface area contributed by atoms with Crippen molar-refractivity contribution in [3.05, 3.63) is 29.6 Å². The molecule has 0 amide bonds. The fourth-order valence-electron chi connectivity index (χ4n) is 1.03. The van der Waals surface area contributed by atoms with Crippen molar-refractivity contribution >= 4 is 6.72 Å². The van der Waals surface area contributed by atoms with E-state index in [1.54, 1.807) is 6.20 Å². The van der Waals surface area contributed by atoms with E-state index in [0.717, 1.165) is 17.8 Å². The van der Waals surface area contributed by atoms with Gasteiger partial charge in [0.1, 0.15) is 0 Å². The van der Waals surface area contributed by atoms with Crippen molar-refractivity contribution in [2.24, 2.45) is 4.99 Å². The van der Waals surface area contributed by atoms with Gasteiger partial charge in [0.25, 0.3) is 0 Å². The Morgan fingerprint density at radius 3 is 3.17 bits per heavy atom. The third-order valence-corrected chi connectivity index (χ3v) is 1.53. The van der Waals surface area contributed by atoms with Crippen LogP contribution in [-0.4, -0.2) is 18.7 Å². The summed E-state index contributed by atoms with van der Waals surface area (Å²) in [6.45, 7) is 4.91. The lowest BCUT2D eigenvalue weighted by molar-refractivity contribution is 0.788. The van der Waals surface area contributed by atoms with E-state index >= 15 is 0 Å². The highest BCUT2D eigenvalue weighted by molar-refractivity contribution is 5.25. The quantitative estimate of drug-likeness (QED) is 0.672. The zero-order valence-corrected chi connectivity index (χ0v) is 7.25. The lowest BCUT2D eigenvalue weighted by Crippen LogP contribution is -2.06. The standard InChI is InChI=1S/C9H13N3/c1-10-6-8-3-4-12-9(5-8)7-11-2/h3-5,11H,1,6-7H2,2H3. The summed E-state index contributed by atoms with van der Waals surface area (Å²) in [5.41, 5.74) is 2.20. The highest BCUT2D eigenvalue weighted by Gasteiger charge is 1.94. The first kappa shape index (κ1) is 8.87. The first-order valence-corrected chi connectivity index (χ1v) is 3.87. The molecule has 0 saturated heterocycles. The second-order valence-corrected chi connectivity index (χ2v) is 2.57. The topological polar surface area (TPSA) is 37.3 Å². The summed E-state index contributed by atoms with van der Waals surface area (Å²) in [6.07, 6.45) is 1.80. The highest BCUT2D eigenvalue weighted by atomic mass is 14.8. The summed E-state index contributed by atoms with van der Waals surface area (Å²) in [7, 11) is 1.90. The van der Waals surface area contributed by atoms with Crippen LogP contribution in [0, 0.1) is 0 Å². The van der Waals surface area contributed by atoms with Crippen LogP contribution in [0.4, 0.5) is 0 Å². The summed E-state index contributed by atoms with van der Waals surface area (Å²) in [6, 6.07) is 3.99. The molecule has 3 heteroatoms. The number of rotatable bonds is 4. The van der Waals surface area contributed by atoms with Gasteiger partial charge in [-0.1, -0.05) is 0 Å². The second kappa shape index (κ2) is 4.62. The van der Waals surface area contributed by atoms with Gasteiger partial charge in [-0.15, -0.1) is 0 Å². The summed E-state index contributed by atoms with van der Waals surface area (Å²) >= 11 is 0. The van der Waals surface area contributed by atoms with Crippen molar-refractivity contribution in [2.75, 3.05) is 7.05 Å². The number of hydrogen-bond acceptors (Lipinski definition) is 3. The van der Waals surface area contributed by atoms with E-state index < -0.39 is 0 Å². The van der Waals surface area contributed by atoms with Crippen molar-refractivity contribution in [1.29, 1.82) is 0 Å². The lowest BCUT2D eigenvalue weighted by atomic mass is 10.2. The maximum Gasteiger partial charge on any atom is 0.0633 e. The maximum atomic E-state index is 4.19. The summed E-state index contributed by atoms with van der Waals surface area (Å²) in [5.74, 6) is 0. The van der Waals surface area contributed by atoms with E-state index in [1.807, 2.05) is 19.2 Å². The Kier molecular flexibility index (Phi) is 3.41. The maximum absolute atomic E-state index is 4.19. The minimum absolute atomic E-state index is 0.666. The number of aromatic nitrogens is 1. The third-order valence-electron chi connectivity index (χ3n) is 1.53. The Labute approximate surface area is 72.6 Å². The van der Waals surface area contributed by atoms with Crippen LogP contribution in [0.5, 0.6) is 0 Å². The molecule has 64 valence electrons. The molecule has 3 nitrogen and oxygen atoms in total. The summed E-state index contributed by atoms with van der Waals surface area (Å²) in [4.78, 5) is 8.00. The van der Waals surface area contributed by atoms with Crippen molar-refractivity contribution in [1.82, 2.24) is 10.3 Å². The molecule has 12 heavy (non-hydrogen) atoms. The fourth-order valence-corrected chi connectivity index (χ4v) is 1.03. The molecule has 0 saturated carbocycles. The largest absolute Gasteiger partial charge is 0.314 e. The van der Waals surface area contributed by atoms with Crippen molar-refractivity contribution in [3.63, 3.8) is 0 Å². The molecule has 0 aliphatic carbocycles. The van der Waals surface area contributed by atoms with Gasteiger partial charge in [-0.2, -0.15) is 0 Å². The second-order valence-electron chi connectivity index (χ2n) is 2.57. The Balaban J connectivity index is 2.73. The summed E-state index contributed by atoms with van der Waals surface area (Å²) < 4.78 is 0. The van der Waals surface area contributed by atoms with Gasteiger partial charge in [-0.05, 0) is 31.5 Å². The van der Waals surface area contributed by atoms with Gasteiger partial charge in [0.15, 0.2) is 0 Å². The van der Waals surface area contributed by atoms with E-state index in [0.29, 0.717) is 6.54 Å². The first-order valence-electron chi connectivity index (χ1n) is 3.87. The number of aliphatic imine (C=N–C) groups is 1. The fraction of sp³-hybridized carbons (Fsp3) is 0.333. The van der Waals surface area contributed by atoms with Gasteiger partial charge >= 0.3 is 0 Å². The predicted octanol–water partition coefficient (Wildman–Crippen LogP) is 1.00. The molecular weight excluding hydrogens is 150 g/mol. The molecule has 1 N–H and O–H groups in total. The van der Waals surface area contributed by atoms with Crippen LogP contribution < -0.4 is 5.32 Å². The third kappa shape index (κ3) is 2.43. The number of hydrogen-bond donors (Lipinski definition) is 1. The van der Waals surface area contributed by atoms with Crippen LogP contribution in [0.1, 0.15) is 11.3 Å². The van der Waals surface area contributed by atoms with Crippen LogP contribution in [0.15, 0.2) is 23.3 Å². The minimum Gasteiger partial charge on any atom is -0.314 e. The number of pyridine rings is 1. The SMILES string of the molecule is C=NCc1ccnc(CNC)c1. The molecule has 1 rings (SSSR count). The Morgan fingerprint density at radius 2 is 2.50 bits per heavy atom. The molecule has 1 heterocycles. The van der Waals surface area contributed by atoms with E-state index in [2.05, 4.69) is 22.0 Å². The molecule has 0 radical (unpaired) electrons. The first-order chi connectivity index (χ1) is 5.86. The van der Waals surface area contributed by atoms with Crippen LogP contribution in [0.2, 0.25) is 0 Å². The molecule has 0 unspecified atom stereocenters. The van der Waals surface area contributed by atoms with Crippen LogP contribution >= 0.6 is 0 Å². The molecule has 1 aromatic rings. The lowest BCUT2D eigenvalue weighted by Gasteiger charge is -2.00. The Hall–Kier alpha value is -1.22. The highest BCUT2D eigenvalue weighted by Crippen LogP contribution is 2.02. The molecule has 0 atom stereocenters. The molecule has 0 aliphatic heterocycles. The number of nitrogens with one attached hydrogen (secondary N) is 1. The van der Waals surface area contributed by atoms with Gasteiger partial charge in [-0.3, -0.25) is 9.98 Å². The Bertz CT molecular complexity index is 258. The summed E-state index contributed by atoms with van der Waals surface area (Å²) in [5, 5.41) is 3.04. The average molecular weight is 163 g/mol. The van der Waals surface area contributed by atoms with Crippen molar-refractivity contribution in [2.45, 2.75) is 13.1 Å². The van der Waals surface area contributed by atoms with Crippen molar-refractivity contribution < 1.29 is 0 Å². The smallest absolute Gasteiger partial charge is 0.0633 e. The zero-order valence-electron chi connectivity index (χ0n) is 7.25.